The second-order valence-electron chi connectivity index (χ2n) is 6.60. The number of hydrogen-bond donors (Lipinski definition) is 1. The molecule has 0 bridgehead atoms. The molecule has 1 aliphatic rings. The van der Waals surface area contributed by atoms with E-state index in [0.717, 1.165) is 9.77 Å². The van der Waals surface area contributed by atoms with Crippen LogP contribution in [0.2, 0.25) is 0 Å². The molecule has 0 saturated carbocycles. The van der Waals surface area contributed by atoms with Crippen molar-refractivity contribution in [3.63, 3.8) is 0 Å². The number of benzene rings is 1. The first kappa shape index (κ1) is 17.3. The van der Waals surface area contributed by atoms with E-state index in [2.05, 4.69) is 4.72 Å². The highest BCUT2D eigenvalue weighted by atomic mass is 32.2. The predicted octanol–water partition coefficient (Wildman–Crippen LogP) is 1.20. The maximum absolute atomic E-state index is 11.8. The molecule has 0 aromatic heterocycles. The third-order valence-electron chi connectivity index (χ3n) is 4.16. The molecule has 1 aliphatic heterocycles. The van der Waals surface area contributed by atoms with Crippen LogP contribution in [0.15, 0.2) is 24.3 Å². The monoisotopic (exact) mass is 326 g/mol. The van der Waals surface area contributed by atoms with Crippen molar-refractivity contribution in [1.29, 1.82) is 0 Å². The largest absolute Gasteiger partial charge is 0.494 e. The highest BCUT2D eigenvalue weighted by molar-refractivity contribution is 7.90. The summed E-state index contributed by atoms with van der Waals surface area (Å²) in [5.41, 5.74) is 0.548. The third kappa shape index (κ3) is 3.30. The van der Waals surface area contributed by atoms with Crippen molar-refractivity contribution in [1.82, 2.24) is 4.31 Å². The normalized spacial score (nSPS) is 20.4. The summed E-state index contributed by atoms with van der Waals surface area (Å²) in [6, 6.07) is 6.99. The minimum atomic E-state index is -3.50. The molecule has 1 aromatic rings. The van der Waals surface area contributed by atoms with Crippen LogP contribution >= 0.6 is 0 Å². The highest BCUT2D eigenvalue weighted by Crippen LogP contribution is 2.36. The molecule has 1 heterocycles. The van der Waals surface area contributed by atoms with Crippen molar-refractivity contribution < 1.29 is 17.7 Å². The van der Waals surface area contributed by atoms with Crippen LogP contribution < -0.4 is 10.2 Å². The first-order chi connectivity index (χ1) is 9.95. The molecule has 8 heteroatoms. The molecule has 6 nitrogen and oxygen atoms in total. The van der Waals surface area contributed by atoms with Gasteiger partial charge in [-0.1, -0.05) is 12.1 Å². The van der Waals surface area contributed by atoms with Gasteiger partial charge < -0.3 is 9.31 Å². The molecule has 0 atom stereocenters. The predicted molar refractivity (Wildman–Crippen MR) is 88.4 cm³/mol. The summed E-state index contributed by atoms with van der Waals surface area (Å²) >= 11 is 0. The summed E-state index contributed by atoms with van der Waals surface area (Å²) in [6.07, 6.45) is 0. The molecule has 1 fully saturated rings. The SMILES string of the molecule is CN(C)S(=O)(=O)Nc1ccc(B2OC(C)(C)C(C)(C)O2)cc1. The van der Waals surface area contributed by atoms with Crippen LogP contribution in [0.5, 0.6) is 0 Å². The Hall–Kier alpha value is -1.09. The molecule has 0 radical (unpaired) electrons. The standard InChI is InChI=1S/C14H23BN2O4S/c1-13(2)14(3,4)21-15(20-13)11-7-9-12(10-8-11)16-22(18,19)17(5)6/h7-10,16H,1-6H3. The highest BCUT2D eigenvalue weighted by Gasteiger charge is 2.51. The zero-order chi connectivity index (χ0) is 16.8. The summed E-state index contributed by atoms with van der Waals surface area (Å²) in [5.74, 6) is 0. The van der Waals surface area contributed by atoms with E-state index in [1.54, 1.807) is 24.3 Å². The molecule has 122 valence electrons. The van der Waals surface area contributed by atoms with Crippen LogP contribution in [0.4, 0.5) is 5.69 Å². The minimum Gasteiger partial charge on any atom is -0.399 e. The first-order valence-corrected chi connectivity index (χ1v) is 8.54. The van der Waals surface area contributed by atoms with E-state index in [0.29, 0.717) is 5.69 Å². The van der Waals surface area contributed by atoms with Gasteiger partial charge >= 0.3 is 17.3 Å². The molecule has 1 saturated heterocycles. The van der Waals surface area contributed by atoms with Gasteiger partial charge in [-0.15, -0.1) is 0 Å². The Morgan fingerprint density at radius 3 is 1.86 bits per heavy atom. The fourth-order valence-corrected chi connectivity index (χ4v) is 2.54. The van der Waals surface area contributed by atoms with Crippen molar-refractivity contribution in [3.05, 3.63) is 24.3 Å². The van der Waals surface area contributed by atoms with E-state index in [9.17, 15) is 8.42 Å². The second kappa shape index (κ2) is 5.52. The Balaban J connectivity index is 2.14. The van der Waals surface area contributed by atoms with Gasteiger partial charge in [0.05, 0.1) is 11.2 Å². The summed E-state index contributed by atoms with van der Waals surface area (Å²) in [5, 5.41) is 0. The summed E-state index contributed by atoms with van der Waals surface area (Å²) < 4.78 is 39.1. The third-order valence-corrected chi connectivity index (χ3v) is 5.62. The van der Waals surface area contributed by atoms with Gasteiger partial charge in [0.2, 0.25) is 0 Å². The number of rotatable bonds is 4. The van der Waals surface area contributed by atoms with Gasteiger partial charge in [-0.2, -0.15) is 12.7 Å². The van der Waals surface area contributed by atoms with Gasteiger partial charge in [-0.3, -0.25) is 4.72 Å². The molecule has 2 rings (SSSR count). The number of nitrogens with zero attached hydrogens (tertiary/aromatic N) is 1. The molecule has 1 aromatic carbocycles. The topological polar surface area (TPSA) is 67.9 Å². The van der Waals surface area contributed by atoms with E-state index < -0.39 is 28.5 Å². The minimum absolute atomic E-state index is 0.400. The van der Waals surface area contributed by atoms with Crippen LogP contribution in [0.1, 0.15) is 27.7 Å². The van der Waals surface area contributed by atoms with E-state index in [-0.39, 0.29) is 0 Å². The lowest BCUT2D eigenvalue weighted by molar-refractivity contribution is 0.00578. The molecule has 0 aliphatic carbocycles. The average Bonchev–Trinajstić information content (AvgIpc) is 2.58. The fourth-order valence-electron chi connectivity index (χ4n) is 1.93. The molecule has 0 amide bonds. The lowest BCUT2D eigenvalue weighted by atomic mass is 9.79. The van der Waals surface area contributed by atoms with Crippen molar-refractivity contribution in [2.24, 2.45) is 0 Å². The second-order valence-corrected chi connectivity index (χ2v) is 8.48. The van der Waals surface area contributed by atoms with Gasteiger partial charge in [0.1, 0.15) is 0 Å². The molecule has 0 spiro atoms. The lowest BCUT2D eigenvalue weighted by Gasteiger charge is -2.32. The Labute approximate surface area is 133 Å². The van der Waals surface area contributed by atoms with Gasteiger partial charge in [0, 0.05) is 19.8 Å². The number of hydrogen-bond acceptors (Lipinski definition) is 4. The molecule has 1 N–H and O–H groups in total. The van der Waals surface area contributed by atoms with E-state index in [1.807, 2.05) is 27.7 Å². The number of nitrogens with one attached hydrogen (secondary N) is 1. The molecular weight excluding hydrogens is 303 g/mol. The maximum atomic E-state index is 11.8. The van der Waals surface area contributed by atoms with Gasteiger partial charge in [0.15, 0.2) is 0 Å². The Bertz CT molecular complexity index is 625. The van der Waals surface area contributed by atoms with Crippen molar-refractivity contribution in [3.8, 4) is 0 Å². The first-order valence-electron chi connectivity index (χ1n) is 7.10. The average molecular weight is 326 g/mol. The molecular formula is C14H23BN2O4S. The van der Waals surface area contributed by atoms with Crippen LogP contribution in [0.3, 0.4) is 0 Å². The van der Waals surface area contributed by atoms with Gasteiger partial charge in [-0.05, 0) is 45.3 Å². The lowest BCUT2D eigenvalue weighted by Crippen LogP contribution is -2.41. The van der Waals surface area contributed by atoms with Crippen molar-refractivity contribution in [2.75, 3.05) is 18.8 Å². The van der Waals surface area contributed by atoms with Crippen LogP contribution in [-0.4, -0.2) is 45.1 Å². The Morgan fingerprint density at radius 1 is 1.00 bits per heavy atom. The zero-order valence-corrected chi connectivity index (χ0v) is 14.7. The van der Waals surface area contributed by atoms with Crippen molar-refractivity contribution >= 4 is 28.5 Å². The smallest absolute Gasteiger partial charge is 0.399 e. The van der Waals surface area contributed by atoms with Crippen LogP contribution in [0.25, 0.3) is 0 Å². The Morgan fingerprint density at radius 2 is 1.45 bits per heavy atom. The quantitative estimate of drug-likeness (QED) is 0.845. The fraction of sp³-hybridized carbons (Fsp3) is 0.571. The summed E-state index contributed by atoms with van der Waals surface area (Å²) in [4.78, 5) is 0. The van der Waals surface area contributed by atoms with E-state index in [4.69, 9.17) is 9.31 Å². The Kier molecular flexibility index (Phi) is 4.34. The molecule has 0 unspecified atom stereocenters. The van der Waals surface area contributed by atoms with E-state index >= 15 is 0 Å². The molecule has 22 heavy (non-hydrogen) atoms. The van der Waals surface area contributed by atoms with Crippen LogP contribution in [-0.2, 0) is 19.5 Å². The zero-order valence-electron chi connectivity index (χ0n) is 13.9. The summed E-state index contributed by atoms with van der Waals surface area (Å²) in [7, 11) is -1.01. The van der Waals surface area contributed by atoms with E-state index in [1.165, 1.54) is 14.1 Å². The van der Waals surface area contributed by atoms with Crippen LogP contribution in [0, 0.1) is 0 Å². The van der Waals surface area contributed by atoms with Gasteiger partial charge in [0.25, 0.3) is 0 Å². The van der Waals surface area contributed by atoms with Gasteiger partial charge in [-0.25, -0.2) is 0 Å². The number of anilines is 1. The summed E-state index contributed by atoms with van der Waals surface area (Å²) in [6.45, 7) is 7.97. The maximum Gasteiger partial charge on any atom is 0.494 e. The van der Waals surface area contributed by atoms with Crippen molar-refractivity contribution in [2.45, 2.75) is 38.9 Å².